The first-order valence-corrected chi connectivity index (χ1v) is 6.49. The molecule has 1 aromatic heterocycles. The lowest BCUT2D eigenvalue weighted by atomic mass is 10.0. The average Bonchev–Trinajstić information content (AvgIpc) is 2.58. The second kappa shape index (κ2) is 6.26. The Balaban J connectivity index is 2.29. The van der Waals surface area contributed by atoms with Gasteiger partial charge >= 0.3 is 0 Å². The number of rotatable bonds is 6. The highest BCUT2D eigenvalue weighted by Crippen LogP contribution is 2.15. The summed E-state index contributed by atoms with van der Waals surface area (Å²) in [4.78, 5) is 1.49. The molecule has 15 heavy (non-hydrogen) atoms. The zero-order chi connectivity index (χ0) is 11.3. The fourth-order valence-corrected chi connectivity index (χ4v) is 2.53. The van der Waals surface area contributed by atoms with Crippen LogP contribution < -0.4 is 11.1 Å². The zero-order valence-electron chi connectivity index (χ0n) is 9.92. The van der Waals surface area contributed by atoms with Gasteiger partial charge in [0, 0.05) is 24.0 Å². The van der Waals surface area contributed by atoms with Crippen molar-refractivity contribution in [1.82, 2.24) is 5.32 Å². The van der Waals surface area contributed by atoms with Gasteiger partial charge in [-0.3, -0.25) is 0 Å². The van der Waals surface area contributed by atoms with Gasteiger partial charge in [0.1, 0.15) is 0 Å². The Morgan fingerprint density at radius 1 is 1.47 bits per heavy atom. The lowest BCUT2D eigenvalue weighted by Gasteiger charge is -2.20. The molecule has 0 spiro atoms. The van der Waals surface area contributed by atoms with Crippen LogP contribution in [0.5, 0.6) is 0 Å². The summed E-state index contributed by atoms with van der Waals surface area (Å²) in [5.41, 5.74) is 7.12. The van der Waals surface area contributed by atoms with E-state index in [-0.39, 0.29) is 0 Å². The summed E-state index contributed by atoms with van der Waals surface area (Å²) in [5.74, 6) is 0.611. The van der Waals surface area contributed by atoms with Crippen LogP contribution in [0.1, 0.15) is 24.3 Å². The Kier molecular flexibility index (Phi) is 5.29. The molecular formula is C12H22N2S. The fraction of sp³-hybridized carbons (Fsp3) is 0.667. The normalized spacial score (nSPS) is 13.4. The molecule has 1 aromatic rings. The zero-order valence-corrected chi connectivity index (χ0v) is 10.7. The molecule has 0 fully saturated rings. The Labute approximate surface area is 96.9 Å². The third-order valence-corrected chi connectivity index (χ3v) is 3.87. The predicted octanol–water partition coefficient (Wildman–Crippen LogP) is 2.17. The molecule has 1 unspecified atom stereocenters. The summed E-state index contributed by atoms with van der Waals surface area (Å²) in [6.07, 6.45) is 1.12. The molecule has 2 nitrogen and oxygen atoms in total. The minimum Gasteiger partial charge on any atom is -0.329 e. The van der Waals surface area contributed by atoms with E-state index < -0.39 is 0 Å². The number of hydrogen-bond donors (Lipinski definition) is 2. The molecule has 0 amide bonds. The van der Waals surface area contributed by atoms with Crippen molar-refractivity contribution in [2.24, 2.45) is 11.7 Å². The maximum atomic E-state index is 5.70. The van der Waals surface area contributed by atoms with Crippen molar-refractivity contribution in [3.8, 4) is 0 Å². The highest BCUT2D eigenvalue weighted by atomic mass is 32.1. The summed E-state index contributed by atoms with van der Waals surface area (Å²) in [7, 11) is 0. The van der Waals surface area contributed by atoms with E-state index in [2.05, 4.69) is 37.5 Å². The first-order chi connectivity index (χ1) is 7.15. The highest BCUT2D eigenvalue weighted by Gasteiger charge is 2.10. The average molecular weight is 226 g/mol. The van der Waals surface area contributed by atoms with Gasteiger partial charge in [0.05, 0.1) is 0 Å². The van der Waals surface area contributed by atoms with E-state index in [1.54, 1.807) is 0 Å². The van der Waals surface area contributed by atoms with Crippen LogP contribution in [-0.2, 0) is 6.42 Å². The smallest absolute Gasteiger partial charge is 0.0213 e. The van der Waals surface area contributed by atoms with Crippen molar-refractivity contribution < 1.29 is 0 Å². The molecule has 3 N–H and O–H groups in total. The SMILES string of the molecule is Cc1ccsc1CCNC(CN)C(C)C. The molecule has 0 radical (unpaired) electrons. The van der Waals surface area contributed by atoms with Crippen LogP contribution >= 0.6 is 11.3 Å². The van der Waals surface area contributed by atoms with E-state index >= 15 is 0 Å². The van der Waals surface area contributed by atoms with Crippen molar-refractivity contribution in [2.75, 3.05) is 13.1 Å². The third-order valence-electron chi connectivity index (χ3n) is 2.79. The van der Waals surface area contributed by atoms with Gasteiger partial charge in [-0.2, -0.15) is 0 Å². The van der Waals surface area contributed by atoms with Crippen LogP contribution in [0.25, 0.3) is 0 Å². The van der Waals surface area contributed by atoms with Crippen molar-refractivity contribution in [3.63, 3.8) is 0 Å². The molecule has 3 heteroatoms. The predicted molar refractivity (Wildman–Crippen MR) is 68.4 cm³/mol. The molecule has 0 aliphatic heterocycles. The molecule has 0 aliphatic carbocycles. The molecule has 0 bridgehead atoms. The second-order valence-corrected chi connectivity index (χ2v) is 5.32. The standard InChI is InChI=1S/C12H22N2S/c1-9(2)11(8-13)14-6-4-12-10(3)5-7-15-12/h5,7,9,11,14H,4,6,8,13H2,1-3H3. The summed E-state index contributed by atoms with van der Waals surface area (Å²) in [6.45, 7) is 8.35. The lowest BCUT2D eigenvalue weighted by Crippen LogP contribution is -2.41. The van der Waals surface area contributed by atoms with Gasteiger partial charge in [-0.15, -0.1) is 11.3 Å². The van der Waals surface area contributed by atoms with E-state index in [1.165, 1.54) is 10.4 Å². The van der Waals surface area contributed by atoms with E-state index in [9.17, 15) is 0 Å². The Hall–Kier alpha value is -0.380. The number of aryl methyl sites for hydroxylation is 1. The monoisotopic (exact) mass is 226 g/mol. The molecule has 1 rings (SSSR count). The van der Waals surface area contributed by atoms with E-state index in [4.69, 9.17) is 5.73 Å². The van der Waals surface area contributed by atoms with Gasteiger partial charge in [-0.25, -0.2) is 0 Å². The van der Waals surface area contributed by atoms with Crippen molar-refractivity contribution in [2.45, 2.75) is 33.2 Å². The Bertz CT molecular complexity index is 281. The van der Waals surface area contributed by atoms with Crippen LogP contribution in [0, 0.1) is 12.8 Å². The van der Waals surface area contributed by atoms with Crippen LogP contribution in [-0.4, -0.2) is 19.1 Å². The van der Waals surface area contributed by atoms with Crippen molar-refractivity contribution >= 4 is 11.3 Å². The van der Waals surface area contributed by atoms with Crippen LogP contribution in [0.2, 0.25) is 0 Å². The van der Waals surface area contributed by atoms with Crippen LogP contribution in [0.3, 0.4) is 0 Å². The van der Waals surface area contributed by atoms with Gasteiger partial charge in [-0.05, 0) is 36.3 Å². The fourth-order valence-electron chi connectivity index (χ4n) is 1.62. The topological polar surface area (TPSA) is 38.0 Å². The molecular weight excluding hydrogens is 204 g/mol. The third kappa shape index (κ3) is 3.93. The van der Waals surface area contributed by atoms with Crippen molar-refractivity contribution in [3.05, 3.63) is 21.9 Å². The number of thiophene rings is 1. The van der Waals surface area contributed by atoms with E-state index in [0.717, 1.165) is 19.5 Å². The Morgan fingerprint density at radius 3 is 2.67 bits per heavy atom. The summed E-state index contributed by atoms with van der Waals surface area (Å²) >= 11 is 1.85. The molecule has 0 saturated carbocycles. The molecule has 0 aliphatic rings. The van der Waals surface area contributed by atoms with E-state index in [0.29, 0.717) is 12.0 Å². The highest BCUT2D eigenvalue weighted by molar-refractivity contribution is 7.10. The first-order valence-electron chi connectivity index (χ1n) is 5.61. The summed E-state index contributed by atoms with van der Waals surface area (Å²) < 4.78 is 0. The van der Waals surface area contributed by atoms with Crippen molar-refractivity contribution in [1.29, 1.82) is 0 Å². The molecule has 0 aromatic carbocycles. The summed E-state index contributed by atoms with van der Waals surface area (Å²) in [6, 6.07) is 2.63. The van der Waals surface area contributed by atoms with Gasteiger partial charge in [0.25, 0.3) is 0 Å². The molecule has 1 atom stereocenters. The molecule has 1 heterocycles. The number of nitrogens with one attached hydrogen (secondary N) is 1. The lowest BCUT2D eigenvalue weighted by molar-refractivity contribution is 0.409. The largest absolute Gasteiger partial charge is 0.329 e. The van der Waals surface area contributed by atoms with Crippen LogP contribution in [0.4, 0.5) is 0 Å². The molecule has 0 saturated heterocycles. The second-order valence-electron chi connectivity index (χ2n) is 4.32. The van der Waals surface area contributed by atoms with E-state index in [1.807, 2.05) is 11.3 Å². The maximum absolute atomic E-state index is 5.70. The minimum absolute atomic E-state index is 0.449. The van der Waals surface area contributed by atoms with Crippen LogP contribution in [0.15, 0.2) is 11.4 Å². The maximum Gasteiger partial charge on any atom is 0.0213 e. The summed E-state index contributed by atoms with van der Waals surface area (Å²) in [5, 5.41) is 5.68. The van der Waals surface area contributed by atoms with Gasteiger partial charge in [0.2, 0.25) is 0 Å². The first kappa shape index (κ1) is 12.7. The van der Waals surface area contributed by atoms with Gasteiger partial charge < -0.3 is 11.1 Å². The Morgan fingerprint density at radius 2 is 2.20 bits per heavy atom. The number of nitrogens with two attached hydrogens (primary N) is 1. The van der Waals surface area contributed by atoms with Gasteiger partial charge in [-0.1, -0.05) is 13.8 Å². The quantitative estimate of drug-likeness (QED) is 0.780. The number of hydrogen-bond acceptors (Lipinski definition) is 3. The molecule has 86 valence electrons. The minimum atomic E-state index is 0.449. The van der Waals surface area contributed by atoms with Gasteiger partial charge in [0.15, 0.2) is 0 Å².